The van der Waals surface area contributed by atoms with Crippen molar-refractivity contribution in [1.29, 1.82) is 0 Å². The average Bonchev–Trinajstić information content (AvgIpc) is 3.17. The van der Waals surface area contributed by atoms with Gasteiger partial charge in [0.1, 0.15) is 11.3 Å². The van der Waals surface area contributed by atoms with E-state index < -0.39 is 5.60 Å². The fraction of sp³-hybridized carbons (Fsp3) is 0.824. The summed E-state index contributed by atoms with van der Waals surface area (Å²) in [6, 6.07) is 0.574. The summed E-state index contributed by atoms with van der Waals surface area (Å²) >= 11 is 0. The minimum absolute atomic E-state index is 0.0488. The lowest BCUT2D eigenvalue weighted by atomic mass is 9.90. The minimum Gasteiger partial charge on any atom is -0.465 e. The van der Waals surface area contributed by atoms with Crippen molar-refractivity contribution in [3.63, 3.8) is 0 Å². The van der Waals surface area contributed by atoms with Crippen LogP contribution < -0.4 is 5.32 Å². The second kappa shape index (κ2) is 7.19. The largest absolute Gasteiger partial charge is 0.465 e. The van der Waals surface area contributed by atoms with Crippen LogP contribution >= 0.6 is 0 Å². The zero-order valence-electron chi connectivity index (χ0n) is 14.6. The molecule has 2 fully saturated rings. The summed E-state index contributed by atoms with van der Waals surface area (Å²) < 4.78 is 6.92. The molecule has 0 amide bonds. The van der Waals surface area contributed by atoms with E-state index >= 15 is 0 Å². The van der Waals surface area contributed by atoms with Gasteiger partial charge in [0.15, 0.2) is 0 Å². The predicted octanol–water partition coefficient (Wildman–Crippen LogP) is 1.53. The number of carbonyl (C=O) groups is 1. The average molecular weight is 336 g/mol. The second-order valence-electron chi connectivity index (χ2n) is 7.50. The van der Waals surface area contributed by atoms with E-state index in [-0.39, 0.29) is 17.9 Å². The topological polar surface area (TPSA) is 89.3 Å². The molecule has 1 saturated heterocycles. The fourth-order valence-electron chi connectivity index (χ4n) is 3.63. The number of nitrogens with one attached hydrogen (secondary N) is 1. The van der Waals surface area contributed by atoms with Gasteiger partial charge in [-0.25, -0.2) is 4.68 Å². The van der Waals surface area contributed by atoms with Crippen LogP contribution in [0.25, 0.3) is 0 Å². The summed E-state index contributed by atoms with van der Waals surface area (Å²) in [5, 5.41) is 22.1. The van der Waals surface area contributed by atoms with Crippen molar-refractivity contribution < 1.29 is 14.6 Å². The van der Waals surface area contributed by atoms with Crippen molar-refractivity contribution in [2.24, 2.45) is 5.92 Å². The number of aromatic nitrogens is 3. The number of hydrogen-bond donors (Lipinski definition) is 2. The molecular formula is C17H28N4O3. The first-order valence-electron chi connectivity index (χ1n) is 9.00. The van der Waals surface area contributed by atoms with Gasteiger partial charge in [-0.2, -0.15) is 0 Å². The van der Waals surface area contributed by atoms with E-state index in [1.165, 1.54) is 12.8 Å². The highest BCUT2D eigenvalue weighted by Crippen LogP contribution is 2.29. The number of ether oxygens (including phenoxy) is 1. The smallest absolute Gasteiger partial charge is 0.309 e. The Bertz CT molecular complexity index is 566. The Morgan fingerprint density at radius 3 is 2.83 bits per heavy atom. The van der Waals surface area contributed by atoms with Gasteiger partial charge < -0.3 is 15.2 Å². The molecular weight excluding hydrogens is 308 g/mol. The molecule has 1 aliphatic heterocycles. The van der Waals surface area contributed by atoms with E-state index in [1.807, 2.05) is 10.9 Å². The lowest BCUT2D eigenvalue weighted by molar-refractivity contribution is -0.141. The van der Waals surface area contributed by atoms with E-state index in [4.69, 9.17) is 4.74 Å². The number of nitrogens with zero attached hydrogens (tertiary/aromatic N) is 3. The summed E-state index contributed by atoms with van der Waals surface area (Å²) in [4.78, 5) is 11.5. The number of aliphatic hydroxyl groups is 1. The highest BCUT2D eigenvalue weighted by Gasteiger charge is 2.30. The van der Waals surface area contributed by atoms with Gasteiger partial charge in [0.2, 0.25) is 0 Å². The van der Waals surface area contributed by atoms with E-state index in [9.17, 15) is 9.90 Å². The Kier molecular flexibility index (Phi) is 5.20. The van der Waals surface area contributed by atoms with Crippen LogP contribution in [0.5, 0.6) is 0 Å². The number of hydrogen-bond acceptors (Lipinski definition) is 6. The Morgan fingerprint density at radius 2 is 2.17 bits per heavy atom. The standard InChI is InChI=1S/C17H28N4O3/c1-17(2,23)15-11-21(20-19-15)14-6-4-3-5-13(14)18-9-7-12-8-10-24-16(12)22/h11-14,18,23H,3-10H2,1-2H3/t12-,13-,14+/m0/s1. The van der Waals surface area contributed by atoms with Crippen molar-refractivity contribution in [2.45, 2.75) is 70.1 Å². The lowest BCUT2D eigenvalue weighted by Crippen LogP contribution is -2.41. The third kappa shape index (κ3) is 3.95. The number of esters is 1. The van der Waals surface area contributed by atoms with E-state index in [0.29, 0.717) is 18.3 Å². The van der Waals surface area contributed by atoms with E-state index in [2.05, 4.69) is 15.6 Å². The molecule has 7 heteroatoms. The van der Waals surface area contributed by atoms with Crippen LogP contribution in [0.4, 0.5) is 0 Å². The fourth-order valence-corrected chi connectivity index (χ4v) is 3.63. The second-order valence-corrected chi connectivity index (χ2v) is 7.50. The van der Waals surface area contributed by atoms with Crippen LogP contribution in [0.1, 0.15) is 64.1 Å². The molecule has 0 radical (unpaired) electrons. The highest BCUT2D eigenvalue weighted by atomic mass is 16.5. The van der Waals surface area contributed by atoms with Gasteiger partial charge in [-0.1, -0.05) is 18.1 Å². The molecule has 3 rings (SSSR count). The Hall–Kier alpha value is -1.47. The maximum Gasteiger partial charge on any atom is 0.309 e. The summed E-state index contributed by atoms with van der Waals surface area (Å²) in [6.45, 7) is 4.82. The molecule has 7 nitrogen and oxygen atoms in total. The van der Waals surface area contributed by atoms with Crippen LogP contribution in [-0.2, 0) is 15.1 Å². The molecule has 2 N–H and O–H groups in total. The van der Waals surface area contributed by atoms with Gasteiger partial charge in [-0.15, -0.1) is 5.10 Å². The molecule has 134 valence electrons. The molecule has 0 spiro atoms. The van der Waals surface area contributed by atoms with Gasteiger partial charge in [-0.05, 0) is 46.1 Å². The summed E-state index contributed by atoms with van der Waals surface area (Å²) in [5.41, 5.74) is -0.376. The number of cyclic esters (lactones) is 1. The molecule has 2 heterocycles. The van der Waals surface area contributed by atoms with Gasteiger partial charge in [-0.3, -0.25) is 4.79 Å². The zero-order chi connectivity index (χ0) is 17.2. The van der Waals surface area contributed by atoms with Crippen LogP contribution in [0.3, 0.4) is 0 Å². The zero-order valence-corrected chi connectivity index (χ0v) is 14.6. The van der Waals surface area contributed by atoms with Crippen molar-refractivity contribution >= 4 is 5.97 Å². The lowest BCUT2D eigenvalue weighted by Gasteiger charge is -2.32. The minimum atomic E-state index is -0.974. The van der Waals surface area contributed by atoms with Gasteiger partial charge >= 0.3 is 5.97 Å². The van der Waals surface area contributed by atoms with Crippen LogP contribution in [0, 0.1) is 5.92 Å². The van der Waals surface area contributed by atoms with Crippen LogP contribution in [0.2, 0.25) is 0 Å². The Balaban J connectivity index is 1.59. The summed E-state index contributed by atoms with van der Waals surface area (Å²) in [5.74, 6) is -0.00390. The quantitative estimate of drug-likeness (QED) is 0.766. The molecule has 24 heavy (non-hydrogen) atoms. The molecule has 0 aromatic carbocycles. The summed E-state index contributed by atoms with van der Waals surface area (Å²) in [7, 11) is 0. The Morgan fingerprint density at radius 1 is 1.38 bits per heavy atom. The molecule has 1 aromatic rings. The third-order valence-electron chi connectivity index (χ3n) is 5.15. The molecule has 0 bridgehead atoms. The van der Waals surface area contributed by atoms with E-state index in [0.717, 1.165) is 32.2 Å². The first kappa shape index (κ1) is 17.4. The van der Waals surface area contributed by atoms with Crippen LogP contribution in [0.15, 0.2) is 6.20 Å². The molecule has 1 aliphatic carbocycles. The molecule has 1 aromatic heterocycles. The van der Waals surface area contributed by atoms with Gasteiger partial charge in [0.05, 0.1) is 24.8 Å². The number of rotatable bonds is 6. The maximum absolute atomic E-state index is 11.5. The summed E-state index contributed by atoms with van der Waals surface area (Å²) in [6.07, 6.45) is 8.05. The first-order valence-corrected chi connectivity index (χ1v) is 9.00. The van der Waals surface area contributed by atoms with Crippen molar-refractivity contribution in [2.75, 3.05) is 13.2 Å². The maximum atomic E-state index is 11.5. The molecule has 1 saturated carbocycles. The normalized spacial score (nSPS) is 28.1. The highest BCUT2D eigenvalue weighted by molar-refractivity contribution is 5.74. The Labute approximate surface area is 142 Å². The van der Waals surface area contributed by atoms with Crippen molar-refractivity contribution in [3.8, 4) is 0 Å². The third-order valence-corrected chi connectivity index (χ3v) is 5.15. The predicted molar refractivity (Wildman–Crippen MR) is 88.2 cm³/mol. The van der Waals surface area contributed by atoms with E-state index in [1.54, 1.807) is 13.8 Å². The molecule has 2 aliphatic rings. The van der Waals surface area contributed by atoms with Gasteiger partial charge in [0.25, 0.3) is 0 Å². The van der Waals surface area contributed by atoms with Crippen molar-refractivity contribution in [1.82, 2.24) is 20.3 Å². The monoisotopic (exact) mass is 336 g/mol. The molecule has 0 unspecified atom stereocenters. The van der Waals surface area contributed by atoms with Crippen LogP contribution in [-0.4, -0.2) is 45.3 Å². The number of carbonyl (C=O) groups excluding carboxylic acids is 1. The van der Waals surface area contributed by atoms with Crippen molar-refractivity contribution in [3.05, 3.63) is 11.9 Å². The molecule has 3 atom stereocenters. The van der Waals surface area contributed by atoms with Gasteiger partial charge in [0, 0.05) is 6.04 Å². The SMILES string of the molecule is CC(C)(O)c1cn([C@@H]2CCCC[C@@H]2NCC[C@H]2CCOC2=O)nn1. The first-order chi connectivity index (χ1) is 11.4.